The summed E-state index contributed by atoms with van der Waals surface area (Å²) >= 11 is 0. The van der Waals surface area contributed by atoms with E-state index in [4.69, 9.17) is 0 Å². The average Bonchev–Trinajstić information content (AvgIpc) is 2.30. The lowest BCUT2D eigenvalue weighted by Gasteiger charge is -2.40. The molecule has 0 aromatic rings. The molecule has 2 aliphatic heterocycles. The number of hydrogen-bond donors (Lipinski definition) is 0. The van der Waals surface area contributed by atoms with Gasteiger partial charge in [0.15, 0.2) is 0 Å². The molecule has 15 heavy (non-hydrogen) atoms. The number of likely N-dealkylation sites (tertiary alicyclic amines) is 2. The molecule has 2 aliphatic rings. The Morgan fingerprint density at radius 1 is 1.27 bits per heavy atom. The molecule has 0 spiro atoms. The highest BCUT2D eigenvalue weighted by atomic mass is 16.1. The van der Waals surface area contributed by atoms with Gasteiger partial charge in [-0.3, -0.25) is 9.69 Å². The number of ketones is 1. The van der Waals surface area contributed by atoms with Crippen LogP contribution >= 0.6 is 0 Å². The van der Waals surface area contributed by atoms with Gasteiger partial charge in [0.05, 0.1) is 0 Å². The molecule has 2 heterocycles. The highest BCUT2D eigenvalue weighted by Gasteiger charge is 2.27. The van der Waals surface area contributed by atoms with Gasteiger partial charge in [-0.15, -0.1) is 0 Å². The van der Waals surface area contributed by atoms with Gasteiger partial charge >= 0.3 is 0 Å². The van der Waals surface area contributed by atoms with Gasteiger partial charge < -0.3 is 4.90 Å². The van der Waals surface area contributed by atoms with Crippen molar-refractivity contribution in [2.75, 3.05) is 32.7 Å². The first-order chi connectivity index (χ1) is 7.29. The minimum Gasteiger partial charge on any atom is -0.302 e. The van der Waals surface area contributed by atoms with Gasteiger partial charge in [-0.05, 0) is 25.9 Å². The third-order valence-corrected chi connectivity index (χ3v) is 3.80. The van der Waals surface area contributed by atoms with Crippen molar-refractivity contribution >= 4 is 5.78 Å². The lowest BCUT2D eigenvalue weighted by atomic mass is 10.0. The maximum absolute atomic E-state index is 11.2. The van der Waals surface area contributed by atoms with Crippen molar-refractivity contribution in [1.82, 2.24) is 9.80 Å². The average molecular weight is 210 g/mol. The number of piperidine rings is 2. The van der Waals surface area contributed by atoms with Crippen LogP contribution in [0.1, 0.15) is 32.6 Å². The molecule has 86 valence electrons. The van der Waals surface area contributed by atoms with Crippen LogP contribution in [-0.2, 0) is 4.79 Å². The molecule has 3 heteroatoms. The van der Waals surface area contributed by atoms with Crippen molar-refractivity contribution in [2.45, 2.75) is 38.6 Å². The summed E-state index contributed by atoms with van der Waals surface area (Å²) in [4.78, 5) is 16.2. The van der Waals surface area contributed by atoms with Crippen LogP contribution in [0.2, 0.25) is 0 Å². The Labute approximate surface area is 92.4 Å². The summed E-state index contributed by atoms with van der Waals surface area (Å²) < 4.78 is 0. The van der Waals surface area contributed by atoms with Crippen LogP contribution in [0, 0.1) is 0 Å². The molecule has 2 rings (SSSR count). The predicted molar refractivity (Wildman–Crippen MR) is 61.0 cm³/mol. The van der Waals surface area contributed by atoms with Crippen molar-refractivity contribution in [3.05, 3.63) is 0 Å². The quantitative estimate of drug-likeness (QED) is 0.683. The first-order valence-electron chi connectivity index (χ1n) is 6.27. The highest BCUT2D eigenvalue weighted by Crippen LogP contribution is 2.18. The van der Waals surface area contributed by atoms with Gasteiger partial charge in [-0.2, -0.15) is 0 Å². The highest BCUT2D eigenvalue weighted by molar-refractivity contribution is 5.79. The monoisotopic (exact) mass is 210 g/mol. The number of likely N-dealkylation sites (N-methyl/N-ethyl adjacent to an activating group) is 1. The van der Waals surface area contributed by atoms with E-state index in [0.29, 0.717) is 11.8 Å². The van der Waals surface area contributed by atoms with Crippen LogP contribution < -0.4 is 0 Å². The number of nitrogens with zero attached hydrogens (tertiary/aromatic N) is 2. The van der Waals surface area contributed by atoms with Gasteiger partial charge in [-0.1, -0.05) is 6.92 Å². The lowest BCUT2D eigenvalue weighted by molar-refractivity contribution is -0.122. The second kappa shape index (κ2) is 5.08. The number of hydrogen-bond acceptors (Lipinski definition) is 3. The molecule has 0 aromatic heterocycles. The summed E-state index contributed by atoms with van der Waals surface area (Å²) in [7, 11) is 0. The smallest absolute Gasteiger partial charge is 0.135 e. The summed E-state index contributed by atoms with van der Waals surface area (Å²) in [6.45, 7) is 7.89. The van der Waals surface area contributed by atoms with E-state index in [0.717, 1.165) is 25.9 Å². The Morgan fingerprint density at radius 3 is 2.67 bits per heavy atom. The summed E-state index contributed by atoms with van der Waals surface area (Å²) in [6.07, 6.45) is 4.21. The third kappa shape index (κ3) is 2.79. The molecule has 2 saturated heterocycles. The van der Waals surface area contributed by atoms with E-state index < -0.39 is 0 Å². The topological polar surface area (TPSA) is 23.6 Å². The zero-order valence-corrected chi connectivity index (χ0v) is 9.74. The van der Waals surface area contributed by atoms with Crippen molar-refractivity contribution in [3.8, 4) is 0 Å². The molecular formula is C12H22N2O. The fraction of sp³-hybridized carbons (Fsp3) is 0.917. The Morgan fingerprint density at radius 2 is 2.00 bits per heavy atom. The SMILES string of the molecule is CCN1CCCC(N2CCC(=O)CC2)C1. The summed E-state index contributed by atoms with van der Waals surface area (Å²) in [5, 5.41) is 0. The van der Waals surface area contributed by atoms with Crippen LogP contribution in [0.4, 0.5) is 0 Å². The fourth-order valence-corrected chi connectivity index (χ4v) is 2.75. The van der Waals surface area contributed by atoms with Gasteiger partial charge in [0.25, 0.3) is 0 Å². The van der Waals surface area contributed by atoms with E-state index in [1.807, 2.05) is 0 Å². The van der Waals surface area contributed by atoms with E-state index in [-0.39, 0.29) is 0 Å². The molecule has 0 bridgehead atoms. The zero-order valence-electron chi connectivity index (χ0n) is 9.74. The molecule has 0 radical (unpaired) electrons. The van der Waals surface area contributed by atoms with Gasteiger partial charge in [0, 0.05) is 38.5 Å². The summed E-state index contributed by atoms with van der Waals surface area (Å²) in [6, 6.07) is 0.715. The van der Waals surface area contributed by atoms with Crippen LogP contribution in [-0.4, -0.2) is 54.3 Å². The first-order valence-corrected chi connectivity index (χ1v) is 6.27. The largest absolute Gasteiger partial charge is 0.302 e. The molecule has 0 saturated carbocycles. The number of rotatable bonds is 2. The standard InChI is InChI=1S/C12H22N2O/c1-2-13-7-3-4-11(10-13)14-8-5-12(15)6-9-14/h11H,2-10H2,1H3. The van der Waals surface area contributed by atoms with E-state index in [1.54, 1.807) is 0 Å². The molecule has 0 N–H and O–H groups in total. The number of carbonyl (C=O) groups excluding carboxylic acids is 1. The van der Waals surface area contributed by atoms with Crippen LogP contribution in [0.5, 0.6) is 0 Å². The van der Waals surface area contributed by atoms with Crippen molar-refractivity contribution in [1.29, 1.82) is 0 Å². The van der Waals surface area contributed by atoms with Crippen molar-refractivity contribution in [3.63, 3.8) is 0 Å². The van der Waals surface area contributed by atoms with E-state index in [2.05, 4.69) is 16.7 Å². The molecule has 0 amide bonds. The van der Waals surface area contributed by atoms with E-state index >= 15 is 0 Å². The maximum Gasteiger partial charge on any atom is 0.135 e. The van der Waals surface area contributed by atoms with Gasteiger partial charge in [0.2, 0.25) is 0 Å². The maximum atomic E-state index is 11.2. The molecule has 2 fully saturated rings. The van der Waals surface area contributed by atoms with Crippen LogP contribution in [0.25, 0.3) is 0 Å². The van der Waals surface area contributed by atoms with Crippen molar-refractivity contribution < 1.29 is 4.79 Å². The molecule has 0 aromatic carbocycles. The minimum absolute atomic E-state index is 0.453. The minimum atomic E-state index is 0.453. The molecule has 1 unspecified atom stereocenters. The number of Topliss-reactive ketones (excluding diaryl/α,β-unsaturated/α-hetero) is 1. The second-order valence-corrected chi connectivity index (χ2v) is 4.76. The Balaban J connectivity index is 1.84. The normalized spacial score (nSPS) is 30.7. The number of carbonyl (C=O) groups is 1. The third-order valence-electron chi connectivity index (χ3n) is 3.80. The predicted octanol–water partition coefficient (Wildman–Crippen LogP) is 1.14. The van der Waals surface area contributed by atoms with Gasteiger partial charge in [-0.25, -0.2) is 0 Å². The van der Waals surface area contributed by atoms with E-state index in [1.165, 1.54) is 32.5 Å². The Bertz CT molecular complexity index is 220. The molecule has 1 atom stereocenters. The summed E-state index contributed by atoms with van der Waals surface area (Å²) in [5.74, 6) is 0.453. The molecular weight excluding hydrogens is 188 g/mol. The second-order valence-electron chi connectivity index (χ2n) is 4.76. The Kier molecular flexibility index (Phi) is 3.76. The van der Waals surface area contributed by atoms with Crippen LogP contribution in [0.15, 0.2) is 0 Å². The molecule has 0 aliphatic carbocycles. The first kappa shape index (κ1) is 11.1. The van der Waals surface area contributed by atoms with Crippen molar-refractivity contribution in [2.24, 2.45) is 0 Å². The lowest BCUT2D eigenvalue weighted by Crippen LogP contribution is -2.50. The van der Waals surface area contributed by atoms with E-state index in [9.17, 15) is 4.79 Å². The van der Waals surface area contributed by atoms with Crippen LogP contribution in [0.3, 0.4) is 0 Å². The van der Waals surface area contributed by atoms with Gasteiger partial charge in [0.1, 0.15) is 5.78 Å². The zero-order chi connectivity index (χ0) is 10.7. The fourth-order valence-electron chi connectivity index (χ4n) is 2.75. The molecule has 3 nitrogen and oxygen atoms in total. The Hall–Kier alpha value is -0.410. The summed E-state index contributed by atoms with van der Waals surface area (Å²) in [5.41, 5.74) is 0.